The molecule has 0 aliphatic carbocycles. The highest BCUT2D eigenvalue weighted by Crippen LogP contribution is 2.22. The van der Waals surface area contributed by atoms with Crippen LogP contribution in [-0.2, 0) is 4.79 Å². The van der Waals surface area contributed by atoms with E-state index in [0.717, 1.165) is 0 Å². The predicted octanol–water partition coefficient (Wildman–Crippen LogP) is 1.77. The van der Waals surface area contributed by atoms with Crippen LogP contribution in [0.4, 0.5) is 11.4 Å². The minimum Gasteiger partial charge on any atom is -0.397 e. The summed E-state index contributed by atoms with van der Waals surface area (Å²) in [4.78, 5) is 11.0. The maximum Gasteiger partial charge on any atom is 0.238 e. The number of nitrogen functional groups attached to an aromatic ring is 1. The van der Waals surface area contributed by atoms with Crippen LogP contribution in [0.5, 0.6) is 0 Å². The summed E-state index contributed by atoms with van der Waals surface area (Å²) in [5.74, 6) is -0.387. The van der Waals surface area contributed by atoms with Gasteiger partial charge in [-0.05, 0) is 18.2 Å². The van der Waals surface area contributed by atoms with Gasteiger partial charge in [-0.25, -0.2) is 0 Å². The normalized spacial score (nSPS) is 9.14. The van der Waals surface area contributed by atoms with Gasteiger partial charge in [0.05, 0.1) is 17.4 Å². The third-order valence-corrected chi connectivity index (χ3v) is 1.76. The predicted molar refractivity (Wildman–Crippen MR) is 54.7 cm³/mol. The van der Waals surface area contributed by atoms with Crippen molar-refractivity contribution >= 4 is 28.9 Å². The summed E-state index contributed by atoms with van der Waals surface area (Å²) >= 11 is 5.67. The topological polar surface area (TPSA) is 78.9 Å². The van der Waals surface area contributed by atoms with Crippen LogP contribution >= 0.6 is 11.6 Å². The van der Waals surface area contributed by atoms with Crippen LogP contribution in [0.1, 0.15) is 6.42 Å². The monoisotopic (exact) mass is 209 g/mol. The molecule has 0 atom stereocenters. The van der Waals surface area contributed by atoms with Crippen molar-refractivity contribution in [2.45, 2.75) is 6.42 Å². The molecule has 1 aromatic rings. The van der Waals surface area contributed by atoms with Crippen molar-refractivity contribution in [1.29, 1.82) is 5.26 Å². The first-order chi connectivity index (χ1) is 6.63. The molecule has 3 N–H and O–H groups in total. The molecular formula is C9H8ClN3O. The third kappa shape index (κ3) is 2.64. The standard InChI is InChI=1S/C9H8ClN3O/c10-6-1-2-8(7(12)5-6)13-9(14)3-4-11/h1-2,5H,3,12H2,(H,13,14). The number of carbonyl (C=O) groups excluding carboxylic acids is 1. The molecule has 14 heavy (non-hydrogen) atoms. The number of hydrogen-bond donors (Lipinski definition) is 2. The molecule has 0 fully saturated rings. The lowest BCUT2D eigenvalue weighted by Gasteiger charge is -2.06. The molecule has 72 valence electrons. The zero-order valence-corrected chi connectivity index (χ0v) is 8.01. The van der Waals surface area contributed by atoms with E-state index in [4.69, 9.17) is 22.6 Å². The summed E-state index contributed by atoms with van der Waals surface area (Å²) in [5, 5.41) is 11.3. The summed E-state index contributed by atoms with van der Waals surface area (Å²) in [7, 11) is 0. The minimum atomic E-state index is -0.387. The Balaban J connectivity index is 2.78. The second-order valence-corrected chi connectivity index (χ2v) is 3.05. The van der Waals surface area contributed by atoms with Crippen molar-refractivity contribution in [3.8, 4) is 6.07 Å². The van der Waals surface area contributed by atoms with E-state index in [1.807, 2.05) is 0 Å². The van der Waals surface area contributed by atoms with Crippen molar-refractivity contribution in [3.63, 3.8) is 0 Å². The average molecular weight is 210 g/mol. The second kappa shape index (κ2) is 4.49. The van der Waals surface area contributed by atoms with Gasteiger partial charge in [0.1, 0.15) is 6.42 Å². The van der Waals surface area contributed by atoms with Crippen LogP contribution in [-0.4, -0.2) is 5.91 Å². The van der Waals surface area contributed by atoms with E-state index in [2.05, 4.69) is 5.32 Å². The maximum atomic E-state index is 11.0. The van der Waals surface area contributed by atoms with Gasteiger partial charge < -0.3 is 11.1 Å². The van der Waals surface area contributed by atoms with Gasteiger partial charge in [-0.2, -0.15) is 5.26 Å². The third-order valence-electron chi connectivity index (χ3n) is 1.53. The van der Waals surface area contributed by atoms with Gasteiger partial charge in [0.25, 0.3) is 0 Å². The Kier molecular flexibility index (Phi) is 3.32. The number of nitriles is 1. The molecule has 0 aromatic heterocycles. The van der Waals surface area contributed by atoms with Gasteiger partial charge in [0, 0.05) is 5.02 Å². The lowest BCUT2D eigenvalue weighted by Crippen LogP contribution is -2.11. The van der Waals surface area contributed by atoms with E-state index < -0.39 is 0 Å². The summed E-state index contributed by atoms with van der Waals surface area (Å²) < 4.78 is 0. The number of amides is 1. The molecule has 1 amide bonds. The van der Waals surface area contributed by atoms with E-state index in [-0.39, 0.29) is 12.3 Å². The molecule has 0 radical (unpaired) electrons. The van der Waals surface area contributed by atoms with E-state index in [9.17, 15) is 4.79 Å². The molecule has 0 bridgehead atoms. The Labute approximate surface area is 86.3 Å². The second-order valence-electron chi connectivity index (χ2n) is 2.61. The molecule has 1 rings (SSSR count). The number of anilines is 2. The zero-order valence-electron chi connectivity index (χ0n) is 7.25. The molecular weight excluding hydrogens is 202 g/mol. The number of hydrogen-bond acceptors (Lipinski definition) is 3. The molecule has 0 saturated heterocycles. The van der Waals surface area contributed by atoms with Crippen molar-refractivity contribution in [2.75, 3.05) is 11.1 Å². The van der Waals surface area contributed by atoms with Gasteiger partial charge >= 0.3 is 0 Å². The molecule has 0 spiro atoms. The highest BCUT2D eigenvalue weighted by Gasteiger charge is 2.04. The number of benzene rings is 1. The number of nitrogens with two attached hydrogens (primary N) is 1. The number of rotatable bonds is 2. The molecule has 0 aliphatic rings. The van der Waals surface area contributed by atoms with Crippen LogP contribution in [0.25, 0.3) is 0 Å². The Morgan fingerprint density at radius 3 is 2.93 bits per heavy atom. The minimum absolute atomic E-state index is 0.192. The maximum absolute atomic E-state index is 11.0. The number of halogens is 1. The van der Waals surface area contributed by atoms with Crippen LogP contribution in [0.3, 0.4) is 0 Å². The van der Waals surface area contributed by atoms with Crippen LogP contribution in [0, 0.1) is 11.3 Å². The summed E-state index contributed by atoms with van der Waals surface area (Å²) in [6, 6.07) is 6.47. The average Bonchev–Trinajstić information content (AvgIpc) is 2.10. The fourth-order valence-electron chi connectivity index (χ4n) is 0.914. The van der Waals surface area contributed by atoms with Crippen LogP contribution in [0.15, 0.2) is 18.2 Å². The Morgan fingerprint density at radius 1 is 1.64 bits per heavy atom. The number of carbonyl (C=O) groups is 1. The molecule has 0 heterocycles. The van der Waals surface area contributed by atoms with E-state index in [0.29, 0.717) is 16.4 Å². The number of nitrogens with one attached hydrogen (secondary N) is 1. The van der Waals surface area contributed by atoms with Crippen molar-refractivity contribution in [3.05, 3.63) is 23.2 Å². The Bertz CT molecular complexity index is 398. The summed E-state index contributed by atoms with van der Waals surface area (Å²) in [6.45, 7) is 0. The quantitative estimate of drug-likeness (QED) is 0.729. The van der Waals surface area contributed by atoms with Crippen LogP contribution < -0.4 is 11.1 Å². The fraction of sp³-hybridized carbons (Fsp3) is 0.111. The van der Waals surface area contributed by atoms with Gasteiger partial charge in [0.2, 0.25) is 5.91 Å². The van der Waals surface area contributed by atoms with Crippen molar-refractivity contribution in [2.24, 2.45) is 0 Å². The highest BCUT2D eigenvalue weighted by molar-refractivity contribution is 6.31. The smallest absolute Gasteiger partial charge is 0.238 e. The zero-order chi connectivity index (χ0) is 10.6. The lowest BCUT2D eigenvalue weighted by atomic mass is 10.2. The van der Waals surface area contributed by atoms with Crippen LogP contribution in [0.2, 0.25) is 5.02 Å². The van der Waals surface area contributed by atoms with E-state index in [1.54, 1.807) is 18.2 Å². The van der Waals surface area contributed by atoms with Gasteiger partial charge in [-0.1, -0.05) is 11.6 Å². The Hall–Kier alpha value is -1.73. The molecule has 1 aromatic carbocycles. The molecule has 0 unspecified atom stereocenters. The van der Waals surface area contributed by atoms with Gasteiger partial charge in [0.15, 0.2) is 0 Å². The molecule has 0 aliphatic heterocycles. The van der Waals surface area contributed by atoms with E-state index >= 15 is 0 Å². The summed E-state index contributed by atoms with van der Waals surface area (Å²) in [6.07, 6.45) is -0.192. The first-order valence-corrected chi connectivity index (χ1v) is 4.23. The fourth-order valence-corrected chi connectivity index (χ4v) is 1.09. The molecule has 4 nitrogen and oxygen atoms in total. The van der Waals surface area contributed by atoms with Gasteiger partial charge in [-0.15, -0.1) is 0 Å². The molecule has 5 heteroatoms. The van der Waals surface area contributed by atoms with Crippen molar-refractivity contribution < 1.29 is 4.79 Å². The SMILES string of the molecule is N#CCC(=O)Nc1ccc(Cl)cc1N. The van der Waals surface area contributed by atoms with Crippen molar-refractivity contribution in [1.82, 2.24) is 0 Å². The first-order valence-electron chi connectivity index (χ1n) is 3.85. The lowest BCUT2D eigenvalue weighted by molar-refractivity contribution is -0.115. The first kappa shape index (κ1) is 10.4. The number of nitrogens with zero attached hydrogens (tertiary/aromatic N) is 1. The Morgan fingerprint density at radius 2 is 2.36 bits per heavy atom. The van der Waals surface area contributed by atoms with Gasteiger partial charge in [-0.3, -0.25) is 4.79 Å². The summed E-state index contributed by atoms with van der Waals surface area (Å²) in [5.41, 5.74) is 6.43. The van der Waals surface area contributed by atoms with E-state index in [1.165, 1.54) is 6.07 Å². The molecule has 0 saturated carbocycles. The largest absolute Gasteiger partial charge is 0.397 e. The highest BCUT2D eigenvalue weighted by atomic mass is 35.5.